The van der Waals surface area contributed by atoms with Gasteiger partial charge in [0.15, 0.2) is 0 Å². The fourth-order valence-corrected chi connectivity index (χ4v) is 2.49. The Kier molecular flexibility index (Phi) is 3.87. The molecule has 1 aromatic rings. The van der Waals surface area contributed by atoms with Crippen molar-refractivity contribution in [2.75, 3.05) is 24.6 Å². The van der Waals surface area contributed by atoms with E-state index < -0.39 is 5.97 Å². The Bertz CT molecular complexity index is 462. The number of hydrogen-bond donors (Lipinski definition) is 1. The molecule has 18 heavy (non-hydrogen) atoms. The predicted octanol–water partition coefficient (Wildman–Crippen LogP) is 0.0264. The number of carbonyl (C=O) groups excluding carboxylic acids is 2. The Balaban J connectivity index is 2.11. The van der Waals surface area contributed by atoms with E-state index >= 15 is 0 Å². The number of nitrogens with zero attached hydrogens (tertiary/aromatic N) is 3. The quantitative estimate of drug-likeness (QED) is 0.775. The van der Waals surface area contributed by atoms with Gasteiger partial charge in [0.25, 0.3) is 0 Å². The first kappa shape index (κ1) is 12.9. The van der Waals surface area contributed by atoms with Crippen LogP contribution in [0.2, 0.25) is 0 Å². The van der Waals surface area contributed by atoms with E-state index in [1.165, 1.54) is 4.90 Å². The summed E-state index contributed by atoms with van der Waals surface area (Å²) in [5, 5.41) is 8.18. The molecule has 0 spiro atoms. The van der Waals surface area contributed by atoms with Crippen LogP contribution in [0, 0.1) is 5.92 Å². The van der Waals surface area contributed by atoms with Crippen molar-refractivity contribution in [3.63, 3.8) is 0 Å². The molecule has 1 aromatic heterocycles. The SMILES string of the molecule is CCOC(=O)c1nnc(N2CC(CN)CC2=O)s1. The Morgan fingerprint density at radius 1 is 1.61 bits per heavy atom. The lowest BCUT2D eigenvalue weighted by Gasteiger charge is -2.10. The van der Waals surface area contributed by atoms with Crippen LogP contribution in [-0.4, -0.2) is 41.8 Å². The number of carbonyl (C=O) groups is 2. The normalized spacial score (nSPS) is 19.3. The van der Waals surface area contributed by atoms with Crippen LogP contribution in [0.5, 0.6) is 0 Å². The number of ether oxygens (including phenoxy) is 1. The average Bonchev–Trinajstić information content (AvgIpc) is 2.95. The molecule has 0 aliphatic carbocycles. The van der Waals surface area contributed by atoms with E-state index in [9.17, 15) is 9.59 Å². The van der Waals surface area contributed by atoms with Gasteiger partial charge in [0.05, 0.1) is 6.61 Å². The Morgan fingerprint density at radius 2 is 2.39 bits per heavy atom. The van der Waals surface area contributed by atoms with Gasteiger partial charge in [-0.05, 0) is 19.4 Å². The zero-order valence-corrected chi connectivity index (χ0v) is 10.8. The molecule has 8 heteroatoms. The van der Waals surface area contributed by atoms with E-state index in [0.717, 1.165) is 11.3 Å². The Labute approximate surface area is 108 Å². The number of rotatable bonds is 4. The summed E-state index contributed by atoms with van der Waals surface area (Å²) in [5.41, 5.74) is 5.54. The molecular formula is C10H14N4O3S. The van der Waals surface area contributed by atoms with Crippen LogP contribution in [0.3, 0.4) is 0 Å². The number of esters is 1. The molecular weight excluding hydrogens is 256 g/mol. The van der Waals surface area contributed by atoms with E-state index in [1.807, 2.05) is 0 Å². The first-order valence-corrected chi connectivity index (χ1v) is 6.48. The number of aromatic nitrogens is 2. The third-order valence-electron chi connectivity index (χ3n) is 2.63. The van der Waals surface area contributed by atoms with Crippen molar-refractivity contribution >= 4 is 28.3 Å². The second kappa shape index (κ2) is 5.40. The number of amides is 1. The maximum atomic E-state index is 11.7. The van der Waals surface area contributed by atoms with E-state index in [-0.39, 0.29) is 23.4 Å². The summed E-state index contributed by atoms with van der Waals surface area (Å²) in [4.78, 5) is 24.7. The highest BCUT2D eigenvalue weighted by atomic mass is 32.1. The summed E-state index contributed by atoms with van der Waals surface area (Å²) < 4.78 is 4.82. The highest BCUT2D eigenvalue weighted by Crippen LogP contribution is 2.27. The van der Waals surface area contributed by atoms with Gasteiger partial charge in [-0.2, -0.15) is 0 Å². The number of nitrogens with two attached hydrogens (primary N) is 1. The van der Waals surface area contributed by atoms with Crippen molar-refractivity contribution in [1.29, 1.82) is 0 Å². The Hall–Kier alpha value is -1.54. The minimum Gasteiger partial charge on any atom is -0.461 e. The van der Waals surface area contributed by atoms with Crippen LogP contribution >= 0.6 is 11.3 Å². The van der Waals surface area contributed by atoms with Crippen LogP contribution in [0.15, 0.2) is 0 Å². The molecule has 0 bridgehead atoms. The molecule has 1 aliphatic heterocycles. The predicted molar refractivity (Wildman–Crippen MR) is 65.4 cm³/mol. The molecule has 1 unspecified atom stereocenters. The van der Waals surface area contributed by atoms with Crippen molar-refractivity contribution < 1.29 is 14.3 Å². The minimum absolute atomic E-state index is 0.0305. The highest BCUT2D eigenvalue weighted by Gasteiger charge is 2.32. The number of anilines is 1. The van der Waals surface area contributed by atoms with E-state index in [4.69, 9.17) is 10.5 Å². The Morgan fingerprint density at radius 3 is 3.00 bits per heavy atom. The average molecular weight is 270 g/mol. The van der Waals surface area contributed by atoms with Crippen LogP contribution in [0.1, 0.15) is 23.1 Å². The molecule has 2 N–H and O–H groups in total. The maximum Gasteiger partial charge on any atom is 0.369 e. The van der Waals surface area contributed by atoms with Crippen LogP contribution < -0.4 is 10.6 Å². The summed E-state index contributed by atoms with van der Waals surface area (Å²) in [7, 11) is 0. The summed E-state index contributed by atoms with van der Waals surface area (Å²) in [5.74, 6) is -0.396. The van der Waals surface area contributed by atoms with Crippen molar-refractivity contribution in [2.45, 2.75) is 13.3 Å². The fraction of sp³-hybridized carbons (Fsp3) is 0.600. The summed E-state index contributed by atoms with van der Waals surface area (Å²) >= 11 is 1.06. The van der Waals surface area contributed by atoms with Crippen molar-refractivity contribution in [3.8, 4) is 0 Å². The second-order valence-corrected chi connectivity index (χ2v) is 4.88. The molecule has 0 saturated carbocycles. The van der Waals surface area contributed by atoms with E-state index in [1.54, 1.807) is 6.92 Å². The van der Waals surface area contributed by atoms with Gasteiger partial charge in [-0.1, -0.05) is 11.3 Å². The molecule has 1 atom stereocenters. The highest BCUT2D eigenvalue weighted by molar-refractivity contribution is 7.17. The zero-order valence-electron chi connectivity index (χ0n) is 9.96. The van der Waals surface area contributed by atoms with Crippen LogP contribution in [0.4, 0.5) is 5.13 Å². The van der Waals surface area contributed by atoms with Gasteiger partial charge >= 0.3 is 5.97 Å². The molecule has 1 fully saturated rings. The second-order valence-electron chi connectivity index (χ2n) is 3.92. The molecule has 1 aliphatic rings. The standard InChI is InChI=1S/C10H14N4O3S/c1-2-17-9(16)8-12-13-10(18-8)14-5-6(4-11)3-7(14)15/h6H,2-5,11H2,1H3. The van der Waals surface area contributed by atoms with Crippen LogP contribution in [-0.2, 0) is 9.53 Å². The van der Waals surface area contributed by atoms with E-state index in [2.05, 4.69) is 10.2 Å². The lowest BCUT2D eigenvalue weighted by atomic mass is 10.1. The largest absolute Gasteiger partial charge is 0.461 e. The van der Waals surface area contributed by atoms with Gasteiger partial charge in [0.1, 0.15) is 0 Å². The molecule has 2 rings (SSSR count). The van der Waals surface area contributed by atoms with Gasteiger partial charge in [-0.15, -0.1) is 10.2 Å². The van der Waals surface area contributed by atoms with Gasteiger partial charge < -0.3 is 10.5 Å². The smallest absolute Gasteiger partial charge is 0.369 e. The van der Waals surface area contributed by atoms with Crippen molar-refractivity contribution in [2.24, 2.45) is 11.7 Å². The van der Waals surface area contributed by atoms with Gasteiger partial charge in [-0.25, -0.2) is 4.79 Å². The molecule has 0 aromatic carbocycles. The topological polar surface area (TPSA) is 98.4 Å². The monoisotopic (exact) mass is 270 g/mol. The first-order chi connectivity index (χ1) is 8.65. The summed E-state index contributed by atoms with van der Waals surface area (Å²) in [6.07, 6.45) is 0.421. The molecule has 2 heterocycles. The van der Waals surface area contributed by atoms with Gasteiger partial charge in [-0.3, -0.25) is 9.69 Å². The molecule has 98 valence electrons. The third-order valence-corrected chi connectivity index (χ3v) is 3.56. The number of hydrogen-bond acceptors (Lipinski definition) is 7. The maximum absolute atomic E-state index is 11.7. The van der Waals surface area contributed by atoms with Gasteiger partial charge in [0, 0.05) is 13.0 Å². The molecule has 1 saturated heterocycles. The van der Waals surface area contributed by atoms with E-state index in [0.29, 0.717) is 24.6 Å². The lowest BCUT2D eigenvalue weighted by Crippen LogP contribution is -2.25. The van der Waals surface area contributed by atoms with Crippen molar-refractivity contribution in [1.82, 2.24) is 10.2 Å². The molecule has 0 radical (unpaired) electrons. The summed E-state index contributed by atoms with van der Waals surface area (Å²) in [6.45, 7) is 3.00. The first-order valence-electron chi connectivity index (χ1n) is 5.66. The summed E-state index contributed by atoms with van der Waals surface area (Å²) in [6, 6.07) is 0. The van der Waals surface area contributed by atoms with Gasteiger partial charge in [0.2, 0.25) is 16.0 Å². The van der Waals surface area contributed by atoms with Crippen molar-refractivity contribution in [3.05, 3.63) is 5.01 Å². The lowest BCUT2D eigenvalue weighted by molar-refractivity contribution is -0.117. The van der Waals surface area contributed by atoms with Crippen LogP contribution in [0.25, 0.3) is 0 Å². The zero-order chi connectivity index (χ0) is 13.1. The minimum atomic E-state index is -0.511. The third kappa shape index (κ3) is 2.49. The molecule has 7 nitrogen and oxygen atoms in total. The molecule has 1 amide bonds. The fourth-order valence-electron chi connectivity index (χ4n) is 1.72.